The van der Waals surface area contributed by atoms with Gasteiger partial charge in [-0.3, -0.25) is 9.78 Å². The van der Waals surface area contributed by atoms with Crippen LogP contribution in [-0.4, -0.2) is 15.0 Å². The van der Waals surface area contributed by atoms with E-state index in [1.165, 1.54) is 12.4 Å². The Morgan fingerprint density at radius 2 is 1.64 bits per heavy atom. The maximum Gasteiger partial charge on any atom is 0.433 e. The Bertz CT molecular complexity index is 1150. The van der Waals surface area contributed by atoms with Crippen molar-refractivity contribution < 1.29 is 13.2 Å². The van der Waals surface area contributed by atoms with E-state index in [2.05, 4.69) is 15.0 Å². The third-order valence-corrected chi connectivity index (χ3v) is 3.97. The van der Waals surface area contributed by atoms with Crippen LogP contribution in [0.5, 0.6) is 0 Å². The standard InChI is InChI=1S/C18H10F3N3O/c19-18(20,21)14-9-13(10-5-7-22-8-6-10)15-11-3-1-2-4-12(11)17(25)24-16(15)23-14/h1-9H,(H,23,24,25). The summed E-state index contributed by atoms with van der Waals surface area (Å²) in [5, 5.41) is 1.41. The predicted molar refractivity (Wildman–Crippen MR) is 88.1 cm³/mol. The van der Waals surface area contributed by atoms with Crippen LogP contribution < -0.4 is 5.56 Å². The number of rotatable bonds is 1. The number of halogens is 3. The lowest BCUT2D eigenvalue weighted by atomic mass is 9.98. The molecule has 0 aliphatic rings. The summed E-state index contributed by atoms with van der Waals surface area (Å²) in [6.07, 6.45) is -1.62. The van der Waals surface area contributed by atoms with Crippen molar-refractivity contribution in [3.05, 3.63) is 70.9 Å². The van der Waals surface area contributed by atoms with E-state index in [-0.39, 0.29) is 5.65 Å². The normalized spacial score (nSPS) is 12.0. The molecule has 4 aromatic rings. The molecule has 0 saturated heterocycles. The number of pyridine rings is 3. The van der Waals surface area contributed by atoms with E-state index >= 15 is 0 Å². The van der Waals surface area contributed by atoms with Crippen molar-refractivity contribution in [3.63, 3.8) is 0 Å². The van der Waals surface area contributed by atoms with Gasteiger partial charge in [0.25, 0.3) is 5.56 Å². The smallest absolute Gasteiger partial charge is 0.306 e. The van der Waals surface area contributed by atoms with Gasteiger partial charge in [0.15, 0.2) is 0 Å². The number of benzene rings is 1. The molecule has 3 aromatic heterocycles. The maximum absolute atomic E-state index is 13.3. The molecule has 3 heterocycles. The lowest BCUT2D eigenvalue weighted by Crippen LogP contribution is -2.12. The van der Waals surface area contributed by atoms with E-state index in [1.54, 1.807) is 36.4 Å². The molecular formula is C18H10F3N3O. The number of nitrogens with one attached hydrogen (secondary N) is 1. The lowest BCUT2D eigenvalue weighted by molar-refractivity contribution is -0.140. The molecule has 0 unspecified atom stereocenters. The van der Waals surface area contributed by atoms with Gasteiger partial charge >= 0.3 is 6.18 Å². The van der Waals surface area contributed by atoms with Gasteiger partial charge in [0, 0.05) is 23.2 Å². The van der Waals surface area contributed by atoms with Gasteiger partial charge in [-0.25, -0.2) is 4.98 Å². The minimum atomic E-state index is -4.63. The molecule has 0 spiro atoms. The van der Waals surface area contributed by atoms with Gasteiger partial charge in [0.1, 0.15) is 11.3 Å². The number of H-pyrrole nitrogens is 1. The maximum atomic E-state index is 13.3. The molecule has 7 heteroatoms. The Morgan fingerprint density at radius 1 is 0.960 bits per heavy atom. The second kappa shape index (κ2) is 5.41. The first kappa shape index (κ1) is 15.3. The first-order valence-corrected chi connectivity index (χ1v) is 7.38. The highest BCUT2D eigenvalue weighted by Gasteiger charge is 2.34. The molecule has 0 aliphatic carbocycles. The number of alkyl halides is 3. The predicted octanol–water partition coefficient (Wildman–Crippen LogP) is 4.16. The summed E-state index contributed by atoms with van der Waals surface area (Å²) < 4.78 is 39.8. The van der Waals surface area contributed by atoms with Crippen LogP contribution >= 0.6 is 0 Å². The second-order valence-electron chi connectivity index (χ2n) is 5.51. The monoisotopic (exact) mass is 341 g/mol. The summed E-state index contributed by atoms with van der Waals surface area (Å²) in [6, 6.07) is 11.0. The molecule has 1 aromatic carbocycles. The Morgan fingerprint density at radius 3 is 2.32 bits per heavy atom. The molecule has 0 fully saturated rings. The van der Waals surface area contributed by atoms with E-state index in [0.717, 1.165) is 6.07 Å². The average Bonchev–Trinajstić information content (AvgIpc) is 2.61. The van der Waals surface area contributed by atoms with E-state index in [4.69, 9.17) is 0 Å². The Balaban J connectivity index is 2.23. The van der Waals surface area contributed by atoms with Gasteiger partial charge in [-0.1, -0.05) is 18.2 Å². The summed E-state index contributed by atoms with van der Waals surface area (Å²) >= 11 is 0. The number of aromatic amines is 1. The van der Waals surface area contributed by atoms with Crippen LogP contribution in [-0.2, 0) is 6.18 Å². The third kappa shape index (κ3) is 2.53. The molecule has 0 aliphatic heterocycles. The molecule has 0 radical (unpaired) electrons. The number of aromatic nitrogens is 3. The first-order valence-electron chi connectivity index (χ1n) is 7.38. The summed E-state index contributed by atoms with van der Waals surface area (Å²) in [6.45, 7) is 0. The minimum Gasteiger partial charge on any atom is -0.306 e. The van der Waals surface area contributed by atoms with Crippen molar-refractivity contribution in [1.82, 2.24) is 15.0 Å². The van der Waals surface area contributed by atoms with Crippen LogP contribution in [0.15, 0.2) is 59.7 Å². The highest BCUT2D eigenvalue weighted by atomic mass is 19.4. The average molecular weight is 341 g/mol. The fraction of sp³-hybridized carbons (Fsp3) is 0.0556. The molecule has 0 amide bonds. The summed E-state index contributed by atoms with van der Waals surface area (Å²) in [5.74, 6) is 0. The molecule has 1 N–H and O–H groups in total. The van der Waals surface area contributed by atoms with Crippen molar-refractivity contribution in [3.8, 4) is 11.1 Å². The minimum absolute atomic E-state index is 0.0923. The van der Waals surface area contributed by atoms with Crippen LogP contribution in [0.4, 0.5) is 13.2 Å². The Labute approximate surface area is 139 Å². The third-order valence-electron chi connectivity index (χ3n) is 3.97. The second-order valence-corrected chi connectivity index (χ2v) is 5.51. The van der Waals surface area contributed by atoms with Gasteiger partial charge in [-0.05, 0) is 40.8 Å². The van der Waals surface area contributed by atoms with Crippen LogP contribution in [0.2, 0.25) is 0 Å². The summed E-state index contributed by atoms with van der Waals surface area (Å²) in [4.78, 5) is 22.2. The van der Waals surface area contributed by atoms with Crippen molar-refractivity contribution >= 4 is 21.8 Å². The van der Waals surface area contributed by atoms with Gasteiger partial charge in [-0.15, -0.1) is 0 Å². The molecule has 4 rings (SSSR count). The Hall–Kier alpha value is -3.22. The van der Waals surface area contributed by atoms with Gasteiger partial charge in [-0.2, -0.15) is 13.2 Å². The van der Waals surface area contributed by atoms with Gasteiger partial charge in [0.2, 0.25) is 0 Å². The van der Waals surface area contributed by atoms with Crippen molar-refractivity contribution in [2.75, 3.05) is 0 Å². The fourth-order valence-corrected chi connectivity index (χ4v) is 2.89. The zero-order valence-corrected chi connectivity index (χ0v) is 12.6. The molecule has 25 heavy (non-hydrogen) atoms. The highest BCUT2D eigenvalue weighted by molar-refractivity contribution is 6.11. The SMILES string of the molecule is O=c1[nH]c2nc(C(F)(F)F)cc(-c3ccncc3)c2c2ccccc12. The van der Waals surface area contributed by atoms with Gasteiger partial charge in [0.05, 0.1) is 0 Å². The largest absolute Gasteiger partial charge is 0.433 e. The zero-order valence-electron chi connectivity index (χ0n) is 12.6. The molecule has 124 valence electrons. The van der Waals surface area contributed by atoms with Gasteiger partial charge < -0.3 is 4.98 Å². The van der Waals surface area contributed by atoms with Crippen molar-refractivity contribution in [1.29, 1.82) is 0 Å². The van der Waals surface area contributed by atoms with E-state index in [9.17, 15) is 18.0 Å². The van der Waals surface area contributed by atoms with Crippen molar-refractivity contribution in [2.24, 2.45) is 0 Å². The summed E-state index contributed by atoms with van der Waals surface area (Å²) in [7, 11) is 0. The van der Waals surface area contributed by atoms with E-state index in [0.29, 0.717) is 27.3 Å². The molecule has 4 nitrogen and oxygen atoms in total. The number of hydrogen-bond donors (Lipinski definition) is 1. The number of fused-ring (bicyclic) bond motifs is 3. The van der Waals surface area contributed by atoms with Crippen LogP contribution in [0.1, 0.15) is 5.69 Å². The molecule has 0 bridgehead atoms. The topological polar surface area (TPSA) is 58.6 Å². The lowest BCUT2D eigenvalue weighted by Gasteiger charge is -2.13. The first-order chi connectivity index (χ1) is 11.9. The molecule has 0 saturated carbocycles. The number of nitrogens with zero attached hydrogens (tertiary/aromatic N) is 2. The number of hydrogen-bond acceptors (Lipinski definition) is 3. The van der Waals surface area contributed by atoms with Crippen LogP contribution in [0.25, 0.3) is 32.9 Å². The Kier molecular flexibility index (Phi) is 3.31. The van der Waals surface area contributed by atoms with E-state index < -0.39 is 17.4 Å². The van der Waals surface area contributed by atoms with Crippen LogP contribution in [0, 0.1) is 0 Å². The zero-order chi connectivity index (χ0) is 17.6. The fourth-order valence-electron chi connectivity index (χ4n) is 2.89. The molecule has 0 atom stereocenters. The van der Waals surface area contributed by atoms with Crippen LogP contribution in [0.3, 0.4) is 0 Å². The van der Waals surface area contributed by atoms with Crippen molar-refractivity contribution in [2.45, 2.75) is 6.18 Å². The molecular weight excluding hydrogens is 331 g/mol. The summed E-state index contributed by atoms with van der Waals surface area (Å²) in [5.41, 5.74) is -0.726. The highest BCUT2D eigenvalue weighted by Crippen LogP contribution is 2.36. The quantitative estimate of drug-likeness (QED) is 0.529. The van der Waals surface area contributed by atoms with E-state index in [1.807, 2.05) is 0 Å².